The molecule has 0 saturated carbocycles. The Morgan fingerprint density at radius 1 is 1.39 bits per heavy atom. The van der Waals surface area contributed by atoms with Gasteiger partial charge < -0.3 is 10.2 Å². The zero-order chi connectivity index (χ0) is 13.0. The Morgan fingerprint density at radius 3 is 2.89 bits per heavy atom. The van der Waals surface area contributed by atoms with E-state index in [0.717, 1.165) is 23.2 Å². The second-order valence-corrected chi connectivity index (χ2v) is 5.91. The van der Waals surface area contributed by atoms with Crippen LogP contribution in [-0.4, -0.2) is 19.1 Å². The van der Waals surface area contributed by atoms with Gasteiger partial charge in [-0.3, -0.25) is 0 Å². The van der Waals surface area contributed by atoms with E-state index in [4.69, 9.17) is 11.6 Å². The van der Waals surface area contributed by atoms with Gasteiger partial charge in [0.25, 0.3) is 0 Å². The van der Waals surface area contributed by atoms with E-state index in [1.165, 1.54) is 10.4 Å². The summed E-state index contributed by atoms with van der Waals surface area (Å²) in [4.78, 5) is 7.76. The summed E-state index contributed by atoms with van der Waals surface area (Å²) in [5.41, 5.74) is 1.23. The summed E-state index contributed by atoms with van der Waals surface area (Å²) in [7, 11) is 3.98. The lowest BCUT2D eigenvalue weighted by atomic mass is 10.2. The number of nitrogens with zero attached hydrogens (tertiary/aromatic N) is 2. The first-order valence-corrected chi connectivity index (χ1v) is 6.93. The number of nitrogens with one attached hydrogen (secondary N) is 1. The van der Waals surface area contributed by atoms with Crippen molar-refractivity contribution in [1.29, 1.82) is 0 Å². The Hall–Kier alpha value is -1.10. The van der Waals surface area contributed by atoms with Crippen LogP contribution in [-0.2, 0) is 13.1 Å². The van der Waals surface area contributed by atoms with E-state index in [0.29, 0.717) is 0 Å². The van der Waals surface area contributed by atoms with Gasteiger partial charge in [-0.05, 0) is 36.9 Å². The van der Waals surface area contributed by atoms with Crippen molar-refractivity contribution >= 4 is 28.8 Å². The van der Waals surface area contributed by atoms with E-state index in [2.05, 4.69) is 27.3 Å². The lowest BCUT2D eigenvalue weighted by Crippen LogP contribution is -2.17. The van der Waals surface area contributed by atoms with Crippen molar-refractivity contribution in [2.75, 3.05) is 19.0 Å². The van der Waals surface area contributed by atoms with Crippen LogP contribution in [0, 0.1) is 0 Å². The topological polar surface area (TPSA) is 28.2 Å². The van der Waals surface area contributed by atoms with Crippen molar-refractivity contribution in [3.05, 3.63) is 45.2 Å². The molecule has 96 valence electrons. The van der Waals surface area contributed by atoms with E-state index in [1.807, 2.05) is 32.4 Å². The van der Waals surface area contributed by atoms with Crippen LogP contribution < -0.4 is 10.2 Å². The second kappa shape index (κ2) is 6.18. The molecule has 1 N–H and O–H groups in total. The fourth-order valence-corrected chi connectivity index (χ4v) is 2.88. The fraction of sp³-hybridized carbons (Fsp3) is 0.308. The molecule has 0 bridgehead atoms. The average molecular weight is 282 g/mol. The standard InChI is InChI=1S/C13H16ClN3S/c1-15-8-10-5-6-16-13(7-10)17(2)9-11-3-4-12(14)18-11/h3-7,15H,8-9H2,1-2H3. The first kappa shape index (κ1) is 13.3. The predicted molar refractivity (Wildman–Crippen MR) is 78.4 cm³/mol. The van der Waals surface area contributed by atoms with Crippen LogP contribution in [0.5, 0.6) is 0 Å². The van der Waals surface area contributed by atoms with Crippen LogP contribution in [0.2, 0.25) is 4.34 Å². The van der Waals surface area contributed by atoms with Crippen LogP contribution in [0.1, 0.15) is 10.4 Å². The number of thiophene rings is 1. The maximum Gasteiger partial charge on any atom is 0.128 e. The molecule has 3 nitrogen and oxygen atoms in total. The normalized spacial score (nSPS) is 10.6. The number of rotatable bonds is 5. The Balaban J connectivity index is 2.08. The molecule has 5 heteroatoms. The van der Waals surface area contributed by atoms with E-state index >= 15 is 0 Å². The Bertz CT molecular complexity index is 512. The van der Waals surface area contributed by atoms with Crippen LogP contribution in [0.3, 0.4) is 0 Å². The van der Waals surface area contributed by atoms with Gasteiger partial charge in [0.05, 0.1) is 10.9 Å². The van der Waals surface area contributed by atoms with Gasteiger partial charge in [-0.2, -0.15) is 0 Å². The molecule has 2 rings (SSSR count). The molecule has 2 aromatic heterocycles. The summed E-state index contributed by atoms with van der Waals surface area (Å²) in [5, 5.41) is 3.14. The average Bonchev–Trinajstić information content (AvgIpc) is 2.75. The molecular weight excluding hydrogens is 266 g/mol. The maximum atomic E-state index is 5.93. The van der Waals surface area contributed by atoms with Crippen LogP contribution >= 0.6 is 22.9 Å². The number of hydrogen-bond acceptors (Lipinski definition) is 4. The van der Waals surface area contributed by atoms with Gasteiger partial charge in [0.15, 0.2) is 0 Å². The van der Waals surface area contributed by atoms with Gasteiger partial charge in [0.1, 0.15) is 5.82 Å². The summed E-state index contributed by atoms with van der Waals surface area (Å²) < 4.78 is 0.829. The molecule has 0 unspecified atom stereocenters. The highest BCUT2D eigenvalue weighted by Gasteiger charge is 2.06. The highest BCUT2D eigenvalue weighted by atomic mass is 35.5. The number of pyridine rings is 1. The first-order valence-electron chi connectivity index (χ1n) is 5.74. The maximum absolute atomic E-state index is 5.93. The highest BCUT2D eigenvalue weighted by Crippen LogP contribution is 2.23. The van der Waals surface area contributed by atoms with Crippen molar-refractivity contribution in [3.63, 3.8) is 0 Å². The van der Waals surface area contributed by atoms with Crippen molar-refractivity contribution in [2.24, 2.45) is 0 Å². The smallest absolute Gasteiger partial charge is 0.128 e. The number of halogens is 1. The van der Waals surface area contributed by atoms with Crippen LogP contribution in [0.15, 0.2) is 30.5 Å². The minimum atomic E-state index is 0.827. The quantitative estimate of drug-likeness (QED) is 0.912. The molecule has 2 heterocycles. The predicted octanol–water partition coefficient (Wildman–Crippen LogP) is 3.15. The molecule has 0 spiro atoms. The molecule has 18 heavy (non-hydrogen) atoms. The van der Waals surface area contributed by atoms with Crippen molar-refractivity contribution < 1.29 is 0 Å². The van der Waals surface area contributed by atoms with Crippen molar-refractivity contribution in [3.8, 4) is 0 Å². The molecule has 0 aliphatic carbocycles. The van der Waals surface area contributed by atoms with Crippen LogP contribution in [0.4, 0.5) is 5.82 Å². The van der Waals surface area contributed by atoms with E-state index in [1.54, 1.807) is 11.3 Å². The van der Waals surface area contributed by atoms with Gasteiger partial charge in [-0.15, -0.1) is 11.3 Å². The number of aromatic nitrogens is 1. The number of hydrogen-bond donors (Lipinski definition) is 1. The summed E-state index contributed by atoms with van der Waals surface area (Å²) in [6, 6.07) is 8.11. The first-order chi connectivity index (χ1) is 8.69. The van der Waals surface area contributed by atoms with E-state index in [9.17, 15) is 0 Å². The monoisotopic (exact) mass is 281 g/mol. The Labute approximate surface area is 116 Å². The minimum absolute atomic E-state index is 0.827. The third kappa shape index (κ3) is 3.45. The van der Waals surface area contributed by atoms with E-state index in [-0.39, 0.29) is 0 Å². The summed E-state index contributed by atoms with van der Waals surface area (Å²) >= 11 is 7.54. The van der Waals surface area contributed by atoms with Gasteiger partial charge in [-0.25, -0.2) is 4.98 Å². The minimum Gasteiger partial charge on any atom is -0.355 e. The van der Waals surface area contributed by atoms with Gasteiger partial charge >= 0.3 is 0 Å². The summed E-state index contributed by atoms with van der Waals surface area (Å²) in [6.07, 6.45) is 1.85. The Kier molecular flexibility index (Phi) is 4.58. The van der Waals surface area contributed by atoms with Crippen molar-refractivity contribution in [2.45, 2.75) is 13.1 Å². The molecule has 0 aromatic carbocycles. The molecule has 0 amide bonds. The molecular formula is C13H16ClN3S. The molecule has 0 atom stereocenters. The zero-order valence-electron chi connectivity index (χ0n) is 10.5. The third-order valence-corrected chi connectivity index (χ3v) is 3.82. The Morgan fingerprint density at radius 2 is 2.22 bits per heavy atom. The van der Waals surface area contributed by atoms with E-state index < -0.39 is 0 Å². The number of anilines is 1. The second-order valence-electron chi connectivity index (χ2n) is 4.11. The van der Waals surface area contributed by atoms with Gasteiger partial charge in [0, 0.05) is 24.7 Å². The largest absolute Gasteiger partial charge is 0.355 e. The molecule has 0 radical (unpaired) electrons. The van der Waals surface area contributed by atoms with Crippen molar-refractivity contribution in [1.82, 2.24) is 10.3 Å². The molecule has 0 aliphatic heterocycles. The highest BCUT2D eigenvalue weighted by molar-refractivity contribution is 7.16. The lowest BCUT2D eigenvalue weighted by molar-refractivity contribution is 0.812. The molecule has 0 aliphatic rings. The molecule has 0 saturated heterocycles. The third-order valence-electron chi connectivity index (χ3n) is 2.60. The summed E-state index contributed by atoms with van der Waals surface area (Å²) in [6.45, 7) is 1.68. The summed E-state index contributed by atoms with van der Waals surface area (Å²) in [5.74, 6) is 0.979. The zero-order valence-corrected chi connectivity index (χ0v) is 12.1. The molecule has 2 aromatic rings. The fourth-order valence-electron chi connectivity index (χ4n) is 1.73. The van der Waals surface area contributed by atoms with Gasteiger partial charge in [-0.1, -0.05) is 11.6 Å². The SMILES string of the molecule is CNCc1ccnc(N(C)Cc2ccc(Cl)s2)c1. The molecule has 0 fully saturated rings. The van der Waals surface area contributed by atoms with Gasteiger partial charge in [0.2, 0.25) is 0 Å². The van der Waals surface area contributed by atoms with Crippen LogP contribution in [0.25, 0.3) is 0 Å². The lowest BCUT2D eigenvalue weighted by Gasteiger charge is -2.17.